The quantitative estimate of drug-likeness (QED) is 0.626. The number of rotatable bonds is 5. The summed E-state index contributed by atoms with van der Waals surface area (Å²) in [6.07, 6.45) is 5.46. The number of aryl methyl sites for hydroxylation is 2. The van der Waals surface area contributed by atoms with Gasteiger partial charge >= 0.3 is 5.97 Å². The van der Waals surface area contributed by atoms with Gasteiger partial charge in [0.2, 0.25) is 5.91 Å². The van der Waals surface area contributed by atoms with Gasteiger partial charge in [-0.3, -0.25) is 9.48 Å². The van der Waals surface area contributed by atoms with Crippen LogP contribution in [0.1, 0.15) is 28.8 Å². The number of esters is 1. The Morgan fingerprint density at radius 3 is 3.00 bits per heavy atom. The van der Waals surface area contributed by atoms with Gasteiger partial charge in [0.25, 0.3) is 0 Å². The van der Waals surface area contributed by atoms with E-state index in [0.29, 0.717) is 25.0 Å². The summed E-state index contributed by atoms with van der Waals surface area (Å²) >= 11 is 0. The van der Waals surface area contributed by atoms with Crippen LogP contribution in [0.2, 0.25) is 0 Å². The van der Waals surface area contributed by atoms with E-state index >= 15 is 0 Å². The molecule has 1 aliphatic heterocycles. The van der Waals surface area contributed by atoms with Crippen LogP contribution in [0.25, 0.3) is 0 Å². The molecule has 0 spiro atoms. The molecule has 0 saturated carbocycles. The SMILES string of the molecule is CN1C(=O)CCc2cc(C(=O)OCCCn3cccn3)ccc21. The molecule has 0 radical (unpaired) electrons. The van der Waals surface area contributed by atoms with Crippen molar-refractivity contribution in [1.82, 2.24) is 9.78 Å². The van der Waals surface area contributed by atoms with Gasteiger partial charge in [0.1, 0.15) is 0 Å². The van der Waals surface area contributed by atoms with Crippen molar-refractivity contribution < 1.29 is 14.3 Å². The van der Waals surface area contributed by atoms with Crippen molar-refractivity contribution in [3.8, 4) is 0 Å². The van der Waals surface area contributed by atoms with Gasteiger partial charge < -0.3 is 9.64 Å². The van der Waals surface area contributed by atoms with E-state index in [0.717, 1.165) is 24.2 Å². The van der Waals surface area contributed by atoms with Crippen LogP contribution in [0, 0.1) is 0 Å². The zero-order chi connectivity index (χ0) is 16.2. The molecular weight excluding hydrogens is 294 g/mol. The maximum Gasteiger partial charge on any atom is 0.338 e. The van der Waals surface area contributed by atoms with Crippen molar-refractivity contribution in [3.63, 3.8) is 0 Å². The van der Waals surface area contributed by atoms with Gasteiger partial charge in [0.15, 0.2) is 0 Å². The summed E-state index contributed by atoms with van der Waals surface area (Å²) in [6, 6.07) is 7.21. The van der Waals surface area contributed by atoms with Crippen LogP contribution in [0.3, 0.4) is 0 Å². The standard InChI is InChI=1S/C17H19N3O3/c1-19-15-6-4-14(12-13(15)5-7-16(19)21)17(22)23-11-3-10-20-9-2-8-18-20/h2,4,6,8-9,12H,3,5,7,10-11H2,1H3. The number of ether oxygens (including phenoxy) is 1. The lowest BCUT2D eigenvalue weighted by atomic mass is 9.99. The van der Waals surface area contributed by atoms with Crippen molar-refractivity contribution in [2.24, 2.45) is 0 Å². The molecule has 0 aliphatic carbocycles. The number of hydrogen-bond acceptors (Lipinski definition) is 4. The molecule has 0 N–H and O–H groups in total. The predicted molar refractivity (Wildman–Crippen MR) is 85.3 cm³/mol. The third-order valence-corrected chi connectivity index (χ3v) is 3.98. The first-order chi connectivity index (χ1) is 11.1. The van der Waals surface area contributed by atoms with Crippen LogP contribution in [-0.2, 0) is 22.5 Å². The summed E-state index contributed by atoms with van der Waals surface area (Å²) < 4.78 is 7.11. The Balaban J connectivity index is 1.56. The average molecular weight is 313 g/mol. The summed E-state index contributed by atoms with van der Waals surface area (Å²) in [5.74, 6) is -0.223. The molecule has 0 bridgehead atoms. The fourth-order valence-electron chi connectivity index (χ4n) is 2.69. The zero-order valence-corrected chi connectivity index (χ0v) is 13.1. The molecule has 0 unspecified atom stereocenters. The third kappa shape index (κ3) is 3.41. The molecule has 1 aromatic carbocycles. The van der Waals surface area contributed by atoms with Gasteiger partial charge in [-0.25, -0.2) is 4.79 Å². The second-order valence-electron chi connectivity index (χ2n) is 5.55. The number of nitrogens with zero attached hydrogens (tertiary/aromatic N) is 3. The molecule has 6 heteroatoms. The van der Waals surface area contributed by atoms with E-state index in [4.69, 9.17) is 4.74 Å². The number of fused-ring (bicyclic) bond motifs is 1. The molecule has 0 atom stereocenters. The van der Waals surface area contributed by atoms with Gasteiger partial charge in [0, 0.05) is 44.5 Å². The van der Waals surface area contributed by atoms with Crippen LogP contribution in [-0.4, -0.2) is 35.3 Å². The molecule has 0 fully saturated rings. The largest absolute Gasteiger partial charge is 0.462 e. The van der Waals surface area contributed by atoms with Crippen LogP contribution in [0.4, 0.5) is 5.69 Å². The number of anilines is 1. The molecule has 6 nitrogen and oxygen atoms in total. The van der Waals surface area contributed by atoms with E-state index in [1.54, 1.807) is 28.9 Å². The Morgan fingerprint density at radius 2 is 2.22 bits per heavy atom. The molecule has 2 heterocycles. The highest BCUT2D eigenvalue weighted by atomic mass is 16.5. The lowest BCUT2D eigenvalue weighted by molar-refractivity contribution is -0.118. The molecule has 120 valence electrons. The first kappa shape index (κ1) is 15.3. The number of aromatic nitrogens is 2. The van der Waals surface area contributed by atoms with E-state index in [1.165, 1.54) is 0 Å². The first-order valence-electron chi connectivity index (χ1n) is 7.69. The second kappa shape index (κ2) is 6.64. The molecule has 1 aliphatic rings. The van der Waals surface area contributed by atoms with Gasteiger partial charge in [-0.1, -0.05) is 0 Å². The van der Waals surface area contributed by atoms with E-state index in [-0.39, 0.29) is 11.9 Å². The van der Waals surface area contributed by atoms with Crippen molar-refractivity contribution >= 4 is 17.6 Å². The Labute approximate surface area is 134 Å². The number of hydrogen-bond donors (Lipinski definition) is 0. The summed E-state index contributed by atoms with van der Waals surface area (Å²) in [6.45, 7) is 1.07. The zero-order valence-electron chi connectivity index (χ0n) is 13.1. The maximum absolute atomic E-state index is 12.1. The summed E-state index contributed by atoms with van der Waals surface area (Å²) in [7, 11) is 1.76. The topological polar surface area (TPSA) is 64.4 Å². The Hall–Kier alpha value is -2.63. The molecule has 23 heavy (non-hydrogen) atoms. The van der Waals surface area contributed by atoms with Crippen molar-refractivity contribution in [1.29, 1.82) is 0 Å². The highest BCUT2D eigenvalue weighted by molar-refractivity contribution is 5.97. The monoisotopic (exact) mass is 313 g/mol. The summed E-state index contributed by atoms with van der Waals surface area (Å²) in [4.78, 5) is 25.4. The minimum atomic E-state index is -0.326. The highest BCUT2D eigenvalue weighted by Gasteiger charge is 2.22. The number of amides is 1. The Kier molecular flexibility index (Phi) is 4.41. The Bertz CT molecular complexity index is 710. The van der Waals surface area contributed by atoms with Crippen LogP contribution < -0.4 is 4.90 Å². The molecule has 1 aromatic heterocycles. The van der Waals surface area contributed by atoms with E-state index in [2.05, 4.69) is 5.10 Å². The highest BCUT2D eigenvalue weighted by Crippen LogP contribution is 2.27. The number of benzene rings is 1. The molecule has 0 saturated heterocycles. The smallest absolute Gasteiger partial charge is 0.338 e. The van der Waals surface area contributed by atoms with E-state index in [9.17, 15) is 9.59 Å². The molecule has 3 rings (SSSR count). The van der Waals surface area contributed by atoms with Crippen molar-refractivity contribution in [2.75, 3.05) is 18.6 Å². The third-order valence-electron chi connectivity index (χ3n) is 3.98. The normalized spacial score (nSPS) is 13.8. The van der Waals surface area contributed by atoms with Gasteiger partial charge in [0.05, 0.1) is 12.2 Å². The molecular formula is C17H19N3O3. The van der Waals surface area contributed by atoms with Gasteiger partial charge in [-0.2, -0.15) is 5.10 Å². The number of carbonyl (C=O) groups excluding carboxylic acids is 2. The molecule has 2 aromatic rings. The minimum absolute atomic E-state index is 0.103. The second-order valence-corrected chi connectivity index (χ2v) is 5.55. The van der Waals surface area contributed by atoms with Crippen molar-refractivity contribution in [3.05, 3.63) is 47.8 Å². The fourth-order valence-corrected chi connectivity index (χ4v) is 2.69. The predicted octanol–water partition coefficient (Wildman–Crippen LogP) is 2.04. The summed E-state index contributed by atoms with van der Waals surface area (Å²) in [5.41, 5.74) is 2.42. The maximum atomic E-state index is 12.1. The van der Waals surface area contributed by atoms with Crippen LogP contribution >= 0.6 is 0 Å². The summed E-state index contributed by atoms with van der Waals surface area (Å²) in [5, 5.41) is 4.10. The number of carbonyl (C=O) groups is 2. The minimum Gasteiger partial charge on any atom is -0.462 e. The molecule has 1 amide bonds. The van der Waals surface area contributed by atoms with Gasteiger partial charge in [-0.15, -0.1) is 0 Å². The Morgan fingerprint density at radius 1 is 1.35 bits per heavy atom. The fraction of sp³-hybridized carbons (Fsp3) is 0.353. The van der Waals surface area contributed by atoms with E-state index in [1.807, 2.05) is 24.4 Å². The van der Waals surface area contributed by atoms with Crippen LogP contribution in [0.15, 0.2) is 36.7 Å². The van der Waals surface area contributed by atoms with Crippen LogP contribution in [0.5, 0.6) is 0 Å². The van der Waals surface area contributed by atoms with E-state index < -0.39 is 0 Å². The first-order valence-corrected chi connectivity index (χ1v) is 7.69. The average Bonchev–Trinajstić information content (AvgIpc) is 3.08. The lowest BCUT2D eigenvalue weighted by Gasteiger charge is -2.25. The van der Waals surface area contributed by atoms with Gasteiger partial charge in [-0.05, 0) is 36.2 Å². The van der Waals surface area contributed by atoms with Crippen molar-refractivity contribution in [2.45, 2.75) is 25.8 Å². The lowest BCUT2D eigenvalue weighted by Crippen LogP contribution is -2.31.